The molecule has 3 aliphatic rings. The number of nitrogens with one attached hydrogen (secondary N) is 2. The predicted molar refractivity (Wildman–Crippen MR) is 132 cm³/mol. The maximum absolute atomic E-state index is 12.1. The summed E-state index contributed by atoms with van der Waals surface area (Å²) in [5.74, 6) is 0.571. The molecule has 11 nitrogen and oxygen atoms in total. The fourth-order valence-electron chi connectivity index (χ4n) is 4.54. The van der Waals surface area contributed by atoms with E-state index in [9.17, 15) is 9.59 Å². The Labute approximate surface area is 207 Å². The zero-order valence-corrected chi connectivity index (χ0v) is 19.6. The molecule has 3 fully saturated rings. The van der Waals surface area contributed by atoms with Crippen molar-refractivity contribution in [3.8, 4) is 6.07 Å². The van der Waals surface area contributed by atoms with E-state index in [1.165, 1.54) is 0 Å². The van der Waals surface area contributed by atoms with Crippen LogP contribution in [0.5, 0.6) is 0 Å². The summed E-state index contributed by atoms with van der Waals surface area (Å²) in [5.41, 5.74) is 3.48. The van der Waals surface area contributed by atoms with Crippen molar-refractivity contribution < 1.29 is 9.59 Å². The highest BCUT2D eigenvalue weighted by Crippen LogP contribution is 2.27. The SMILES string of the molecule is N#Cc1cccc(CN2CCN(c3nc(NC4CC4)n4ncc(/C=C5\CC(=O)NC5=O)c4n3)CC2)c1. The van der Waals surface area contributed by atoms with Crippen LogP contribution < -0.4 is 15.5 Å². The molecule has 2 amide bonds. The molecule has 0 bridgehead atoms. The molecule has 2 N–H and O–H groups in total. The molecule has 182 valence electrons. The van der Waals surface area contributed by atoms with E-state index < -0.39 is 0 Å². The molecule has 2 aromatic heterocycles. The summed E-state index contributed by atoms with van der Waals surface area (Å²) >= 11 is 0. The van der Waals surface area contributed by atoms with Gasteiger partial charge in [-0.1, -0.05) is 12.1 Å². The van der Waals surface area contributed by atoms with Crippen LogP contribution in [0.25, 0.3) is 11.7 Å². The summed E-state index contributed by atoms with van der Waals surface area (Å²) in [4.78, 5) is 37.8. The van der Waals surface area contributed by atoms with E-state index in [0.29, 0.717) is 40.3 Å². The van der Waals surface area contributed by atoms with Crippen LogP contribution >= 0.6 is 0 Å². The lowest BCUT2D eigenvalue weighted by molar-refractivity contribution is -0.124. The standard InChI is InChI=1S/C25H25N9O2/c26-13-16-2-1-3-17(10-16)15-32-6-8-33(9-7-32)24-30-22-19(11-18-12-21(35)29-23(18)36)14-27-34(22)25(31-24)28-20-4-5-20/h1-3,10-11,14,20H,4-9,12,15H2,(H,28,30,31)(H,29,35,36)/b18-11+. The van der Waals surface area contributed by atoms with Crippen LogP contribution in [0.1, 0.15) is 36.0 Å². The maximum Gasteiger partial charge on any atom is 0.254 e. The highest BCUT2D eigenvalue weighted by atomic mass is 16.2. The largest absolute Gasteiger partial charge is 0.351 e. The van der Waals surface area contributed by atoms with Gasteiger partial charge < -0.3 is 10.2 Å². The van der Waals surface area contributed by atoms with Gasteiger partial charge in [0.2, 0.25) is 17.8 Å². The molecule has 0 radical (unpaired) electrons. The fraction of sp³-hybridized carbons (Fsp3) is 0.360. The molecule has 1 saturated carbocycles. The van der Waals surface area contributed by atoms with E-state index >= 15 is 0 Å². The zero-order chi connectivity index (χ0) is 24.6. The van der Waals surface area contributed by atoms with Gasteiger partial charge in [-0.2, -0.15) is 24.8 Å². The number of hydrogen-bond donors (Lipinski definition) is 2. The van der Waals surface area contributed by atoms with Gasteiger partial charge in [0.25, 0.3) is 5.91 Å². The van der Waals surface area contributed by atoms with Crippen molar-refractivity contribution in [2.45, 2.75) is 31.8 Å². The summed E-state index contributed by atoms with van der Waals surface area (Å²) in [6, 6.07) is 10.3. The van der Waals surface area contributed by atoms with Crippen molar-refractivity contribution in [2.24, 2.45) is 0 Å². The topological polar surface area (TPSA) is 132 Å². The third-order valence-electron chi connectivity index (χ3n) is 6.64. The number of benzene rings is 1. The molecule has 1 aliphatic carbocycles. The summed E-state index contributed by atoms with van der Waals surface area (Å²) in [6.45, 7) is 4.00. The molecule has 3 aromatic rings. The Morgan fingerprint density at radius 3 is 2.72 bits per heavy atom. The number of amides is 2. The Morgan fingerprint density at radius 2 is 2.00 bits per heavy atom. The van der Waals surface area contributed by atoms with Gasteiger partial charge in [-0.3, -0.25) is 19.8 Å². The summed E-state index contributed by atoms with van der Waals surface area (Å²) in [7, 11) is 0. The van der Waals surface area contributed by atoms with E-state index in [0.717, 1.165) is 51.1 Å². The molecule has 36 heavy (non-hydrogen) atoms. The minimum absolute atomic E-state index is 0.0561. The van der Waals surface area contributed by atoms with E-state index in [1.807, 2.05) is 24.3 Å². The number of fused-ring (bicyclic) bond motifs is 1. The van der Waals surface area contributed by atoms with Gasteiger partial charge in [0, 0.05) is 49.9 Å². The highest BCUT2D eigenvalue weighted by Gasteiger charge is 2.27. The lowest BCUT2D eigenvalue weighted by atomic mass is 10.1. The van der Waals surface area contributed by atoms with Gasteiger partial charge in [-0.15, -0.1) is 0 Å². The van der Waals surface area contributed by atoms with Crippen molar-refractivity contribution in [1.29, 1.82) is 5.26 Å². The van der Waals surface area contributed by atoms with Gasteiger partial charge in [-0.25, -0.2) is 0 Å². The lowest BCUT2D eigenvalue weighted by Gasteiger charge is -2.34. The van der Waals surface area contributed by atoms with Crippen LogP contribution in [0.15, 0.2) is 36.0 Å². The van der Waals surface area contributed by atoms with Crippen LogP contribution in [0, 0.1) is 11.3 Å². The van der Waals surface area contributed by atoms with Crippen LogP contribution in [-0.4, -0.2) is 68.5 Å². The van der Waals surface area contributed by atoms with Crippen molar-refractivity contribution in [2.75, 3.05) is 36.4 Å². The molecule has 0 unspecified atom stereocenters. The Balaban J connectivity index is 1.24. The summed E-state index contributed by atoms with van der Waals surface area (Å²) < 4.78 is 1.67. The quantitative estimate of drug-likeness (QED) is 0.394. The van der Waals surface area contributed by atoms with Crippen LogP contribution in [0.2, 0.25) is 0 Å². The van der Waals surface area contributed by atoms with Crippen molar-refractivity contribution in [1.82, 2.24) is 29.8 Å². The van der Waals surface area contributed by atoms with Crippen LogP contribution in [0.3, 0.4) is 0 Å². The van der Waals surface area contributed by atoms with Gasteiger partial charge in [0.15, 0.2) is 5.65 Å². The molecule has 4 heterocycles. The second-order valence-electron chi connectivity index (χ2n) is 9.40. The second kappa shape index (κ2) is 9.05. The molecule has 0 atom stereocenters. The van der Waals surface area contributed by atoms with E-state index in [4.69, 9.17) is 15.2 Å². The van der Waals surface area contributed by atoms with Gasteiger partial charge in [0.1, 0.15) is 0 Å². The number of anilines is 2. The summed E-state index contributed by atoms with van der Waals surface area (Å²) in [5, 5.41) is 19.4. The number of carbonyl (C=O) groups is 2. The molecule has 6 rings (SSSR count). The maximum atomic E-state index is 12.1. The van der Waals surface area contributed by atoms with Gasteiger partial charge in [0.05, 0.1) is 24.3 Å². The van der Waals surface area contributed by atoms with Crippen molar-refractivity contribution >= 4 is 35.4 Å². The minimum Gasteiger partial charge on any atom is -0.351 e. The molecular formula is C25H25N9O2. The predicted octanol–water partition coefficient (Wildman–Crippen LogP) is 1.32. The second-order valence-corrected chi connectivity index (χ2v) is 9.40. The van der Waals surface area contributed by atoms with E-state index in [1.54, 1.807) is 16.8 Å². The molecular weight excluding hydrogens is 458 g/mol. The molecule has 1 aromatic carbocycles. The number of carbonyl (C=O) groups excluding carboxylic acids is 2. The first kappa shape index (κ1) is 22.2. The third-order valence-corrected chi connectivity index (χ3v) is 6.64. The van der Waals surface area contributed by atoms with Gasteiger partial charge >= 0.3 is 0 Å². The number of piperazine rings is 1. The first-order valence-electron chi connectivity index (χ1n) is 12.1. The monoisotopic (exact) mass is 483 g/mol. The first-order chi connectivity index (χ1) is 17.6. The van der Waals surface area contributed by atoms with E-state index in [2.05, 4.69) is 31.6 Å². The van der Waals surface area contributed by atoms with Crippen molar-refractivity contribution in [3.63, 3.8) is 0 Å². The minimum atomic E-state index is -0.374. The zero-order valence-electron chi connectivity index (χ0n) is 19.6. The molecule has 2 aliphatic heterocycles. The summed E-state index contributed by atoms with van der Waals surface area (Å²) in [6.07, 6.45) is 5.58. The molecule has 2 saturated heterocycles. The molecule has 11 heteroatoms. The van der Waals surface area contributed by atoms with Crippen LogP contribution in [0.4, 0.5) is 11.9 Å². The average Bonchev–Trinajstić information content (AvgIpc) is 3.52. The first-order valence-corrected chi connectivity index (χ1v) is 12.1. The number of nitrogens with zero attached hydrogens (tertiary/aromatic N) is 7. The number of nitriles is 1. The third kappa shape index (κ3) is 4.50. The van der Waals surface area contributed by atoms with Crippen LogP contribution in [-0.2, 0) is 16.1 Å². The Bertz CT molecular complexity index is 1430. The van der Waals surface area contributed by atoms with E-state index in [-0.39, 0.29) is 18.2 Å². The van der Waals surface area contributed by atoms with Gasteiger partial charge in [-0.05, 0) is 36.6 Å². The van der Waals surface area contributed by atoms with Crippen molar-refractivity contribution in [3.05, 3.63) is 52.7 Å². The normalized spacial score (nSPS) is 19.6. The number of hydrogen-bond acceptors (Lipinski definition) is 9. The Kier molecular flexibility index (Phi) is 5.58. The average molecular weight is 484 g/mol. The Hall–Kier alpha value is -4.30. The smallest absolute Gasteiger partial charge is 0.254 e. The molecule has 0 spiro atoms. The fourth-order valence-corrected chi connectivity index (χ4v) is 4.54. The Morgan fingerprint density at radius 1 is 1.17 bits per heavy atom. The number of rotatable bonds is 6. The number of imide groups is 1. The number of aromatic nitrogens is 4. The highest BCUT2D eigenvalue weighted by molar-refractivity contribution is 6.15. The lowest BCUT2D eigenvalue weighted by Crippen LogP contribution is -2.46.